The molecule has 0 bridgehead atoms. The van der Waals surface area contributed by atoms with Gasteiger partial charge in [0, 0.05) is 18.6 Å². The zero-order valence-electron chi connectivity index (χ0n) is 8.65. The molecule has 3 N–H and O–H groups in total. The van der Waals surface area contributed by atoms with Crippen LogP contribution in [0, 0.1) is 5.41 Å². The van der Waals surface area contributed by atoms with Gasteiger partial charge in [0.2, 0.25) is 6.41 Å². The number of carbonyl (C=O) groups excluding carboxylic acids is 1. The Morgan fingerprint density at radius 1 is 1.64 bits per heavy atom. The van der Waals surface area contributed by atoms with Gasteiger partial charge in [-0.3, -0.25) is 4.79 Å². The number of nitrogens with zero attached hydrogens (tertiary/aromatic N) is 1. The third-order valence-corrected chi connectivity index (χ3v) is 1.68. The summed E-state index contributed by atoms with van der Waals surface area (Å²) in [7, 11) is 1.54. The molecule has 0 heterocycles. The van der Waals surface area contributed by atoms with Gasteiger partial charge in [0.25, 0.3) is 0 Å². The number of amidine groups is 1. The molecule has 0 rings (SSSR count). The largest absolute Gasteiger partial charge is 0.512 e. The minimum atomic E-state index is -0.544. The minimum absolute atomic E-state index is 0.0262. The van der Waals surface area contributed by atoms with Crippen molar-refractivity contribution in [2.75, 3.05) is 13.7 Å². The number of carbonyl (C=O) groups is 1. The first-order valence-electron chi connectivity index (χ1n) is 4.11. The normalized spacial score (nSPS) is 14.2. The molecule has 80 valence electrons. The predicted molar refractivity (Wildman–Crippen MR) is 54.1 cm³/mol. The fourth-order valence-electron chi connectivity index (χ4n) is 0.868. The Morgan fingerprint density at radius 2 is 2.21 bits per heavy atom. The van der Waals surface area contributed by atoms with E-state index in [9.17, 15) is 9.90 Å². The van der Waals surface area contributed by atoms with Crippen LogP contribution in [0.2, 0.25) is 0 Å². The Bertz CT molecular complexity index is 257. The molecule has 14 heavy (non-hydrogen) atoms. The number of aliphatic hydroxyl groups is 1. The van der Waals surface area contributed by atoms with Crippen molar-refractivity contribution in [1.82, 2.24) is 0 Å². The molecule has 0 fully saturated rings. The molecule has 0 aliphatic rings. The molecule has 1 amide bonds. The fourth-order valence-corrected chi connectivity index (χ4v) is 0.868. The van der Waals surface area contributed by atoms with E-state index in [-0.39, 0.29) is 11.6 Å². The summed E-state index contributed by atoms with van der Waals surface area (Å²) >= 11 is 0. The number of aliphatic hydroxyl groups excluding tert-OH is 1. The molecule has 0 unspecified atom stereocenters. The highest BCUT2D eigenvalue weighted by Gasteiger charge is 2.23. The number of aliphatic imine (C=N–C) groups is 1. The molecule has 0 aromatic rings. The van der Waals surface area contributed by atoms with Gasteiger partial charge in [-0.2, -0.15) is 4.99 Å². The standard InChI is InChI=1S/C9H16N2O3/c1-9(2,5-14-3)7(13)4-8(10)11-6-12/h4,6,13H,5H2,1-3H3,(H2,10,11,12)/b7-4-. The van der Waals surface area contributed by atoms with E-state index < -0.39 is 5.41 Å². The topological polar surface area (TPSA) is 84.9 Å². The third-order valence-electron chi connectivity index (χ3n) is 1.68. The maximum atomic E-state index is 9.97. The van der Waals surface area contributed by atoms with Crippen LogP contribution in [0.25, 0.3) is 0 Å². The van der Waals surface area contributed by atoms with Crippen LogP contribution in [0.4, 0.5) is 0 Å². The summed E-state index contributed by atoms with van der Waals surface area (Å²) in [4.78, 5) is 13.2. The van der Waals surface area contributed by atoms with E-state index in [4.69, 9.17) is 10.5 Å². The number of nitrogens with two attached hydrogens (primary N) is 1. The monoisotopic (exact) mass is 200 g/mol. The van der Waals surface area contributed by atoms with Crippen molar-refractivity contribution in [3.05, 3.63) is 11.8 Å². The van der Waals surface area contributed by atoms with Crippen molar-refractivity contribution in [3.63, 3.8) is 0 Å². The van der Waals surface area contributed by atoms with Crippen LogP contribution in [0.3, 0.4) is 0 Å². The highest BCUT2D eigenvalue weighted by molar-refractivity contribution is 5.95. The molecule has 0 aliphatic carbocycles. The molecular weight excluding hydrogens is 184 g/mol. The predicted octanol–water partition coefficient (Wildman–Crippen LogP) is 0.615. The van der Waals surface area contributed by atoms with Crippen molar-refractivity contribution in [2.24, 2.45) is 16.1 Å². The van der Waals surface area contributed by atoms with Crippen molar-refractivity contribution >= 4 is 12.2 Å². The lowest BCUT2D eigenvalue weighted by Gasteiger charge is -2.22. The highest BCUT2D eigenvalue weighted by atomic mass is 16.5. The summed E-state index contributed by atoms with van der Waals surface area (Å²) in [5, 5.41) is 9.61. The molecule has 0 aliphatic heterocycles. The van der Waals surface area contributed by atoms with Gasteiger partial charge in [-0.25, -0.2) is 0 Å². The number of rotatable bonds is 5. The molecule has 5 nitrogen and oxygen atoms in total. The molecule has 0 radical (unpaired) electrons. The Balaban J connectivity index is 4.66. The Hall–Kier alpha value is -1.36. The Morgan fingerprint density at radius 3 is 2.64 bits per heavy atom. The minimum Gasteiger partial charge on any atom is -0.512 e. The van der Waals surface area contributed by atoms with Gasteiger partial charge in [0.1, 0.15) is 11.6 Å². The lowest BCUT2D eigenvalue weighted by molar-refractivity contribution is -0.106. The Kier molecular flexibility index (Phi) is 4.86. The van der Waals surface area contributed by atoms with Gasteiger partial charge >= 0.3 is 0 Å². The maximum absolute atomic E-state index is 9.97. The summed E-state index contributed by atoms with van der Waals surface area (Å²) in [6.07, 6.45) is 1.57. The van der Waals surface area contributed by atoms with Crippen LogP contribution in [0.15, 0.2) is 16.8 Å². The molecule has 0 aromatic heterocycles. The van der Waals surface area contributed by atoms with E-state index in [0.29, 0.717) is 13.0 Å². The van der Waals surface area contributed by atoms with Crippen LogP contribution < -0.4 is 5.73 Å². The second-order valence-electron chi connectivity index (χ2n) is 3.51. The van der Waals surface area contributed by atoms with Gasteiger partial charge < -0.3 is 15.6 Å². The molecule has 0 spiro atoms. The van der Waals surface area contributed by atoms with E-state index >= 15 is 0 Å². The summed E-state index contributed by atoms with van der Waals surface area (Å²) in [6.45, 7) is 3.93. The quantitative estimate of drug-likeness (QED) is 0.295. The summed E-state index contributed by atoms with van der Waals surface area (Å²) < 4.78 is 4.92. The van der Waals surface area contributed by atoms with Crippen molar-refractivity contribution < 1.29 is 14.6 Å². The van der Waals surface area contributed by atoms with Gasteiger partial charge in [-0.1, -0.05) is 13.8 Å². The van der Waals surface area contributed by atoms with Gasteiger partial charge in [-0.15, -0.1) is 0 Å². The van der Waals surface area contributed by atoms with Crippen LogP contribution in [-0.2, 0) is 9.53 Å². The van der Waals surface area contributed by atoms with E-state index in [1.807, 2.05) is 0 Å². The third kappa shape index (κ3) is 4.04. The van der Waals surface area contributed by atoms with Crippen LogP contribution in [-0.4, -0.2) is 31.1 Å². The van der Waals surface area contributed by atoms with Crippen LogP contribution in [0.1, 0.15) is 13.8 Å². The Labute approximate surface area is 83.3 Å². The van der Waals surface area contributed by atoms with Gasteiger partial charge in [0.05, 0.1) is 6.61 Å². The molecule has 0 saturated carbocycles. The van der Waals surface area contributed by atoms with E-state index in [2.05, 4.69) is 4.99 Å². The number of hydrogen-bond acceptors (Lipinski definition) is 3. The average molecular weight is 200 g/mol. The summed E-state index contributed by atoms with van der Waals surface area (Å²) in [5.74, 6) is 0.00382. The van der Waals surface area contributed by atoms with Crippen LogP contribution in [0.5, 0.6) is 0 Å². The van der Waals surface area contributed by atoms with Crippen molar-refractivity contribution in [2.45, 2.75) is 13.8 Å². The number of ether oxygens (including phenoxy) is 1. The van der Waals surface area contributed by atoms with Crippen molar-refractivity contribution in [3.8, 4) is 0 Å². The lowest BCUT2D eigenvalue weighted by Crippen LogP contribution is -2.23. The second-order valence-corrected chi connectivity index (χ2v) is 3.51. The first-order valence-corrected chi connectivity index (χ1v) is 4.11. The second kappa shape index (κ2) is 5.39. The lowest BCUT2D eigenvalue weighted by atomic mass is 9.91. The van der Waals surface area contributed by atoms with Gasteiger partial charge in [0.15, 0.2) is 0 Å². The van der Waals surface area contributed by atoms with E-state index in [0.717, 1.165) is 0 Å². The number of hydrogen-bond donors (Lipinski definition) is 2. The first-order chi connectivity index (χ1) is 6.44. The average Bonchev–Trinajstić information content (AvgIpc) is 2.04. The molecule has 0 saturated heterocycles. The SMILES string of the molecule is COCC(C)(C)/C(O)=C/C(N)=NC=O. The first kappa shape index (κ1) is 12.6. The number of amides is 1. The zero-order valence-corrected chi connectivity index (χ0v) is 8.65. The van der Waals surface area contributed by atoms with Gasteiger partial charge in [-0.05, 0) is 0 Å². The van der Waals surface area contributed by atoms with E-state index in [1.165, 1.54) is 13.2 Å². The maximum Gasteiger partial charge on any atom is 0.234 e. The molecule has 0 atom stereocenters. The number of methoxy groups -OCH3 is 1. The van der Waals surface area contributed by atoms with E-state index in [1.54, 1.807) is 13.8 Å². The smallest absolute Gasteiger partial charge is 0.234 e. The molecule has 0 aromatic carbocycles. The highest BCUT2D eigenvalue weighted by Crippen LogP contribution is 2.23. The summed E-state index contributed by atoms with van der Waals surface area (Å²) in [6, 6.07) is 0. The van der Waals surface area contributed by atoms with Crippen molar-refractivity contribution in [1.29, 1.82) is 0 Å². The molecular formula is C9H16N2O3. The zero-order chi connectivity index (χ0) is 11.2. The summed E-state index contributed by atoms with van der Waals surface area (Å²) in [5.41, 5.74) is 4.78. The van der Waals surface area contributed by atoms with Crippen LogP contribution >= 0.6 is 0 Å². The fraction of sp³-hybridized carbons (Fsp3) is 0.556. The molecule has 5 heteroatoms.